The van der Waals surface area contributed by atoms with E-state index in [-0.39, 0.29) is 29.8 Å². The van der Waals surface area contributed by atoms with Gasteiger partial charge in [0.1, 0.15) is 5.82 Å². The maximum Gasteiger partial charge on any atom is 0.195 e. The molecule has 1 heterocycles. The van der Waals surface area contributed by atoms with E-state index < -0.39 is 0 Å². The van der Waals surface area contributed by atoms with Gasteiger partial charge >= 0.3 is 0 Å². The molecule has 22 heavy (non-hydrogen) atoms. The predicted molar refractivity (Wildman–Crippen MR) is 97.5 cm³/mol. The summed E-state index contributed by atoms with van der Waals surface area (Å²) in [5.41, 5.74) is 1.69. The number of nitrogens with zero attached hydrogens (tertiary/aromatic N) is 5. The SMILES string of the molecule is CN(C)C(=NCc1ccn(-c2ccc(F)cc2)n1)N(C)C.I. The van der Waals surface area contributed by atoms with E-state index in [4.69, 9.17) is 0 Å². The second-order valence-corrected chi connectivity index (χ2v) is 5.13. The van der Waals surface area contributed by atoms with E-state index in [1.165, 1.54) is 12.1 Å². The van der Waals surface area contributed by atoms with Crippen LogP contribution in [0.4, 0.5) is 4.39 Å². The van der Waals surface area contributed by atoms with Crippen LogP contribution in [-0.2, 0) is 6.54 Å². The first-order valence-corrected chi connectivity index (χ1v) is 6.67. The Balaban J connectivity index is 0.00000242. The van der Waals surface area contributed by atoms with Gasteiger partial charge in [0, 0.05) is 34.4 Å². The molecule has 2 aromatic rings. The number of hydrogen-bond donors (Lipinski definition) is 0. The molecule has 0 radical (unpaired) electrons. The topological polar surface area (TPSA) is 36.7 Å². The Morgan fingerprint density at radius 2 is 1.68 bits per heavy atom. The van der Waals surface area contributed by atoms with Gasteiger partial charge in [0.2, 0.25) is 0 Å². The second kappa shape index (κ2) is 8.11. The average molecular weight is 417 g/mol. The van der Waals surface area contributed by atoms with E-state index in [1.807, 2.05) is 50.3 Å². The number of rotatable bonds is 3. The van der Waals surface area contributed by atoms with Crippen LogP contribution in [0.25, 0.3) is 5.69 Å². The standard InChI is InChI=1S/C15H20FN5.HI/c1-19(2)15(20(3)4)17-11-13-9-10-21(18-13)14-7-5-12(16)6-8-14;/h5-10H,11H2,1-4H3;1H. The number of halogens is 2. The second-order valence-electron chi connectivity index (χ2n) is 5.13. The Morgan fingerprint density at radius 3 is 2.23 bits per heavy atom. The van der Waals surface area contributed by atoms with Gasteiger partial charge in [0.05, 0.1) is 17.9 Å². The fourth-order valence-electron chi connectivity index (χ4n) is 2.02. The highest BCUT2D eigenvalue weighted by molar-refractivity contribution is 14.0. The van der Waals surface area contributed by atoms with E-state index in [2.05, 4.69) is 10.1 Å². The minimum Gasteiger partial charge on any atom is -0.349 e. The lowest BCUT2D eigenvalue weighted by atomic mass is 10.3. The molecule has 2 rings (SSSR count). The number of guanidine groups is 1. The minimum atomic E-state index is -0.252. The summed E-state index contributed by atoms with van der Waals surface area (Å²) in [6.45, 7) is 0.500. The van der Waals surface area contributed by atoms with E-state index in [0.29, 0.717) is 6.54 Å². The zero-order valence-corrected chi connectivity index (χ0v) is 15.5. The summed E-state index contributed by atoms with van der Waals surface area (Å²) < 4.78 is 14.6. The average Bonchev–Trinajstić information content (AvgIpc) is 2.87. The van der Waals surface area contributed by atoms with Crippen LogP contribution in [0, 0.1) is 5.82 Å². The van der Waals surface area contributed by atoms with Crippen LogP contribution in [0.3, 0.4) is 0 Å². The van der Waals surface area contributed by atoms with E-state index in [0.717, 1.165) is 17.3 Å². The summed E-state index contributed by atoms with van der Waals surface area (Å²) in [4.78, 5) is 8.46. The lowest BCUT2D eigenvalue weighted by molar-refractivity contribution is 0.479. The molecule has 0 aliphatic rings. The van der Waals surface area contributed by atoms with Crippen molar-refractivity contribution >= 4 is 29.9 Å². The van der Waals surface area contributed by atoms with E-state index >= 15 is 0 Å². The number of aromatic nitrogens is 2. The van der Waals surface area contributed by atoms with Gasteiger partial charge < -0.3 is 9.80 Å². The van der Waals surface area contributed by atoms with Crippen LogP contribution < -0.4 is 0 Å². The third-order valence-corrected chi connectivity index (χ3v) is 2.92. The van der Waals surface area contributed by atoms with Gasteiger partial charge in [0.15, 0.2) is 5.96 Å². The highest BCUT2D eigenvalue weighted by Gasteiger charge is 2.05. The Labute approximate surface area is 147 Å². The van der Waals surface area contributed by atoms with Gasteiger partial charge in [0.25, 0.3) is 0 Å². The van der Waals surface area contributed by atoms with Crippen molar-refractivity contribution in [2.24, 2.45) is 4.99 Å². The molecule has 0 unspecified atom stereocenters. The van der Waals surface area contributed by atoms with Crippen molar-refractivity contribution in [2.45, 2.75) is 6.54 Å². The maximum atomic E-state index is 12.9. The maximum absolute atomic E-state index is 12.9. The molecule has 0 amide bonds. The normalized spacial score (nSPS) is 9.86. The van der Waals surface area contributed by atoms with Crippen LogP contribution in [0.15, 0.2) is 41.5 Å². The monoisotopic (exact) mass is 417 g/mol. The Hall–Kier alpha value is -1.64. The highest BCUT2D eigenvalue weighted by Crippen LogP contribution is 2.09. The summed E-state index contributed by atoms with van der Waals surface area (Å²) in [6, 6.07) is 8.15. The van der Waals surface area contributed by atoms with Gasteiger partial charge in [-0.25, -0.2) is 14.1 Å². The fraction of sp³-hybridized carbons (Fsp3) is 0.333. The summed E-state index contributed by atoms with van der Waals surface area (Å²) in [5.74, 6) is 0.628. The van der Waals surface area contributed by atoms with Crippen molar-refractivity contribution in [3.05, 3.63) is 48.0 Å². The van der Waals surface area contributed by atoms with Gasteiger partial charge in [-0.15, -0.1) is 24.0 Å². The zero-order valence-electron chi connectivity index (χ0n) is 13.2. The molecule has 7 heteroatoms. The van der Waals surface area contributed by atoms with Crippen molar-refractivity contribution in [3.63, 3.8) is 0 Å². The number of aliphatic imine (C=N–C) groups is 1. The summed E-state index contributed by atoms with van der Waals surface area (Å²) in [5, 5.41) is 4.45. The van der Waals surface area contributed by atoms with Gasteiger partial charge in [-0.3, -0.25) is 0 Å². The van der Waals surface area contributed by atoms with Crippen molar-refractivity contribution in [3.8, 4) is 5.69 Å². The number of benzene rings is 1. The summed E-state index contributed by atoms with van der Waals surface area (Å²) >= 11 is 0. The van der Waals surface area contributed by atoms with Crippen LogP contribution >= 0.6 is 24.0 Å². The molecule has 0 saturated heterocycles. The molecular weight excluding hydrogens is 396 g/mol. The zero-order chi connectivity index (χ0) is 15.4. The quantitative estimate of drug-likeness (QED) is 0.438. The first-order valence-electron chi connectivity index (χ1n) is 6.67. The van der Waals surface area contributed by atoms with Crippen LogP contribution in [0.2, 0.25) is 0 Å². The molecule has 0 fully saturated rings. The van der Waals surface area contributed by atoms with Crippen LogP contribution in [-0.4, -0.2) is 53.7 Å². The first kappa shape index (κ1) is 18.4. The molecule has 0 aliphatic carbocycles. The molecule has 5 nitrogen and oxygen atoms in total. The van der Waals surface area contributed by atoms with E-state index in [1.54, 1.807) is 16.8 Å². The third kappa shape index (κ3) is 4.69. The van der Waals surface area contributed by atoms with Gasteiger partial charge in [-0.05, 0) is 30.3 Å². The fourth-order valence-corrected chi connectivity index (χ4v) is 2.02. The third-order valence-electron chi connectivity index (χ3n) is 2.92. The van der Waals surface area contributed by atoms with Crippen molar-refractivity contribution in [1.82, 2.24) is 19.6 Å². The van der Waals surface area contributed by atoms with Crippen molar-refractivity contribution < 1.29 is 4.39 Å². The number of hydrogen-bond acceptors (Lipinski definition) is 2. The smallest absolute Gasteiger partial charge is 0.195 e. The lowest BCUT2D eigenvalue weighted by Gasteiger charge is -2.22. The molecule has 0 saturated carbocycles. The first-order chi connectivity index (χ1) is 9.97. The van der Waals surface area contributed by atoms with E-state index in [9.17, 15) is 4.39 Å². The Kier molecular flexibility index (Phi) is 6.79. The van der Waals surface area contributed by atoms with Gasteiger partial charge in [-0.1, -0.05) is 0 Å². The molecule has 0 bridgehead atoms. The molecule has 0 atom stereocenters. The molecule has 0 N–H and O–H groups in total. The summed E-state index contributed by atoms with van der Waals surface area (Å²) in [7, 11) is 7.82. The van der Waals surface area contributed by atoms with Gasteiger partial charge in [-0.2, -0.15) is 5.10 Å². The Bertz CT molecular complexity index is 609. The molecule has 1 aromatic carbocycles. The summed E-state index contributed by atoms with van der Waals surface area (Å²) in [6.07, 6.45) is 1.85. The highest BCUT2D eigenvalue weighted by atomic mass is 127. The van der Waals surface area contributed by atoms with Crippen LogP contribution in [0.1, 0.15) is 5.69 Å². The predicted octanol–water partition coefficient (Wildman–Crippen LogP) is 2.61. The lowest BCUT2D eigenvalue weighted by Crippen LogP contribution is -2.35. The van der Waals surface area contributed by atoms with Crippen molar-refractivity contribution in [2.75, 3.05) is 28.2 Å². The van der Waals surface area contributed by atoms with Crippen molar-refractivity contribution in [1.29, 1.82) is 0 Å². The molecular formula is C15H21FIN5. The molecule has 0 aliphatic heterocycles. The molecule has 0 spiro atoms. The Morgan fingerprint density at radius 1 is 1.09 bits per heavy atom. The molecule has 1 aromatic heterocycles. The minimum absolute atomic E-state index is 0. The largest absolute Gasteiger partial charge is 0.349 e. The van der Waals surface area contributed by atoms with Crippen LogP contribution in [0.5, 0.6) is 0 Å². The molecule has 120 valence electrons.